The summed E-state index contributed by atoms with van der Waals surface area (Å²) in [5.74, 6) is 2.11. The number of hydrogen-bond acceptors (Lipinski definition) is 0. The van der Waals surface area contributed by atoms with Crippen LogP contribution in [0.4, 0.5) is 0 Å². The summed E-state index contributed by atoms with van der Waals surface area (Å²) < 4.78 is 0. The van der Waals surface area contributed by atoms with Gasteiger partial charge in [0.15, 0.2) is 0 Å². The van der Waals surface area contributed by atoms with Crippen LogP contribution < -0.4 is 0 Å². The molecule has 2 saturated carbocycles. The fraction of sp³-hybridized carbons (Fsp3) is 1.00. The minimum Gasteiger partial charge on any atom is -0.0654 e. The molecule has 2 unspecified atom stereocenters. The molecule has 0 saturated heterocycles. The minimum absolute atomic E-state index is 0.705. The smallest absolute Gasteiger partial charge is 0.0295 e. The van der Waals surface area contributed by atoms with Crippen molar-refractivity contribution in [2.24, 2.45) is 17.3 Å². The molecule has 2 fully saturated rings. The molecular formula is C17H32. The van der Waals surface area contributed by atoms with Crippen LogP contribution in [0.25, 0.3) is 0 Å². The second-order valence-corrected chi connectivity index (χ2v) is 7.09. The molecule has 2 rings (SSSR count). The summed E-state index contributed by atoms with van der Waals surface area (Å²) in [4.78, 5) is 0. The van der Waals surface area contributed by atoms with Crippen molar-refractivity contribution in [3.63, 3.8) is 0 Å². The van der Waals surface area contributed by atoms with Crippen molar-refractivity contribution in [1.29, 1.82) is 0 Å². The van der Waals surface area contributed by atoms with E-state index in [9.17, 15) is 0 Å². The van der Waals surface area contributed by atoms with Gasteiger partial charge < -0.3 is 0 Å². The van der Waals surface area contributed by atoms with E-state index in [2.05, 4.69) is 13.8 Å². The van der Waals surface area contributed by atoms with Gasteiger partial charge in [-0.3, -0.25) is 0 Å². The fourth-order valence-corrected chi connectivity index (χ4v) is 4.65. The van der Waals surface area contributed by atoms with E-state index in [1.165, 1.54) is 70.6 Å². The maximum Gasteiger partial charge on any atom is -0.0295 e. The van der Waals surface area contributed by atoms with Gasteiger partial charge in [0.05, 0.1) is 0 Å². The largest absolute Gasteiger partial charge is 0.0654 e. The quantitative estimate of drug-likeness (QED) is 0.531. The molecule has 17 heavy (non-hydrogen) atoms. The van der Waals surface area contributed by atoms with Crippen LogP contribution in [0.5, 0.6) is 0 Å². The standard InChI is InChI=1S/C17H32/c1-3-9-15-10-7-8-13-17(2,14-15)16-11-5-4-6-12-16/h15-16H,3-14H2,1-2H3. The molecule has 0 heterocycles. The summed E-state index contributed by atoms with van der Waals surface area (Å²) in [5, 5.41) is 0. The molecule has 0 radical (unpaired) electrons. The highest BCUT2D eigenvalue weighted by Gasteiger charge is 2.37. The lowest BCUT2D eigenvalue weighted by Crippen LogP contribution is -2.30. The molecule has 0 aromatic rings. The summed E-state index contributed by atoms with van der Waals surface area (Å²) in [6.07, 6.45) is 18.1. The number of rotatable bonds is 3. The van der Waals surface area contributed by atoms with Gasteiger partial charge in [-0.2, -0.15) is 0 Å². The molecule has 0 N–H and O–H groups in total. The molecule has 0 bridgehead atoms. The molecule has 0 heteroatoms. The second kappa shape index (κ2) is 6.25. The van der Waals surface area contributed by atoms with Gasteiger partial charge in [0.1, 0.15) is 0 Å². The van der Waals surface area contributed by atoms with Crippen molar-refractivity contribution < 1.29 is 0 Å². The lowest BCUT2D eigenvalue weighted by Gasteiger charge is -2.41. The lowest BCUT2D eigenvalue weighted by atomic mass is 9.64. The summed E-state index contributed by atoms with van der Waals surface area (Å²) in [6.45, 7) is 5.00. The second-order valence-electron chi connectivity index (χ2n) is 7.09. The van der Waals surface area contributed by atoms with Crippen LogP contribution in [0.3, 0.4) is 0 Å². The Labute approximate surface area is 109 Å². The van der Waals surface area contributed by atoms with E-state index >= 15 is 0 Å². The SMILES string of the molecule is CCCC1CCCCC(C)(C2CCCCC2)C1. The maximum atomic E-state index is 2.64. The predicted octanol–water partition coefficient (Wildman–Crippen LogP) is 5.95. The Bertz CT molecular complexity index is 214. The van der Waals surface area contributed by atoms with Crippen molar-refractivity contribution in [2.45, 2.75) is 90.9 Å². The van der Waals surface area contributed by atoms with Crippen LogP contribution in [-0.2, 0) is 0 Å². The molecular weight excluding hydrogens is 204 g/mol. The third-order valence-electron chi connectivity index (χ3n) is 5.65. The van der Waals surface area contributed by atoms with Gasteiger partial charge in [-0.25, -0.2) is 0 Å². The molecule has 0 aliphatic heterocycles. The first-order valence-corrected chi connectivity index (χ1v) is 8.24. The molecule has 0 amide bonds. The summed E-state index contributed by atoms with van der Waals surface area (Å²) >= 11 is 0. The highest BCUT2D eigenvalue weighted by molar-refractivity contribution is 4.88. The van der Waals surface area contributed by atoms with Gasteiger partial charge in [-0.05, 0) is 42.9 Å². The Kier molecular flexibility index (Phi) is 4.94. The van der Waals surface area contributed by atoms with Gasteiger partial charge in [0.2, 0.25) is 0 Å². The molecule has 0 nitrogen and oxygen atoms in total. The van der Waals surface area contributed by atoms with Crippen molar-refractivity contribution >= 4 is 0 Å². The fourth-order valence-electron chi connectivity index (χ4n) is 4.65. The Morgan fingerprint density at radius 1 is 0.941 bits per heavy atom. The first kappa shape index (κ1) is 13.4. The van der Waals surface area contributed by atoms with E-state index in [1.54, 1.807) is 6.42 Å². The molecule has 100 valence electrons. The van der Waals surface area contributed by atoms with Crippen LogP contribution >= 0.6 is 0 Å². The van der Waals surface area contributed by atoms with Crippen LogP contribution in [0, 0.1) is 17.3 Å². The third kappa shape index (κ3) is 3.48. The van der Waals surface area contributed by atoms with Crippen LogP contribution in [0.1, 0.15) is 90.9 Å². The van der Waals surface area contributed by atoms with Crippen LogP contribution in [0.2, 0.25) is 0 Å². The Hall–Kier alpha value is 0. The van der Waals surface area contributed by atoms with E-state index in [0.29, 0.717) is 5.41 Å². The van der Waals surface area contributed by atoms with Gasteiger partial charge in [0, 0.05) is 0 Å². The van der Waals surface area contributed by atoms with E-state index in [-0.39, 0.29) is 0 Å². The first-order chi connectivity index (χ1) is 8.24. The highest BCUT2D eigenvalue weighted by Crippen LogP contribution is 2.49. The van der Waals surface area contributed by atoms with Gasteiger partial charge in [-0.15, -0.1) is 0 Å². The average molecular weight is 236 g/mol. The minimum atomic E-state index is 0.705. The lowest BCUT2D eigenvalue weighted by molar-refractivity contribution is 0.0974. The molecule has 0 aromatic carbocycles. The highest BCUT2D eigenvalue weighted by atomic mass is 14.4. The summed E-state index contributed by atoms with van der Waals surface area (Å²) in [6, 6.07) is 0. The predicted molar refractivity (Wildman–Crippen MR) is 76.2 cm³/mol. The van der Waals surface area contributed by atoms with E-state index in [0.717, 1.165) is 11.8 Å². The van der Waals surface area contributed by atoms with E-state index in [4.69, 9.17) is 0 Å². The van der Waals surface area contributed by atoms with Crippen LogP contribution in [0.15, 0.2) is 0 Å². The van der Waals surface area contributed by atoms with Gasteiger partial charge in [0.25, 0.3) is 0 Å². The van der Waals surface area contributed by atoms with E-state index in [1.807, 2.05) is 0 Å². The third-order valence-corrected chi connectivity index (χ3v) is 5.65. The average Bonchev–Trinajstić information content (AvgIpc) is 2.54. The normalized spacial score (nSPS) is 36.7. The van der Waals surface area contributed by atoms with Crippen molar-refractivity contribution in [3.05, 3.63) is 0 Å². The van der Waals surface area contributed by atoms with Crippen molar-refractivity contribution in [2.75, 3.05) is 0 Å². The number of hydrogen-bond donors (Lipinski definition) is 0. The first-order valence-electron chi connectivity index (χ1n) is 8.24. The molecule has 0 spiro atoms. The zero-order valence-corrected chi connectivity index (χ0v) is 12.1. The van der Waals surface area contributed by atoms with Gasteiger partial charge >= 0.3 is 0 Å². The monoisotopic (exact) mass is 236 g/mol. The van der Waals surface area contributed by atoms with E-state index < -0.39 is 0 Å². The maximum absolute atomic E-state index is 2.64. The Balaban J connectivity index is 1.99. The summed E-state index contributed by atoms with van der Waals surface area (Å²) in [7, 11) is 0. The molecule has 2 aliphatic rings. The van der Waals surface area contributed by atoms with Crippen molar-refractivity contribution in [1.82, 2.24) is 0 Å². The molecule has 2 atom stereocenters. The van der Waals surface area contributed by atoms with Gasteiger partial charge in [-0.1, -0.05) is 65.2 Å². The van der Waals surface area contributed by atoms with Crippen LogP contribution in [-0.4, -0.2) is 0 Å². The van der Waals surface area contributed by atoms with Crippen molar-refractivity contribution in [3.8, 4) is 0 Å². The zero-order chi connectivity index (χ0) is 12.1. The zero-order valence-electron chi connectivity index (χ0n) is 12.1. The summed E-state index contributed by atoms with van der Waals surface area (Å²) in [5.41, 5.74) is 0.705. The molecule has 0 aromatic heterocycles. The topological polar surface area (TPSA) is 0 Å². The Morgan fingerprint density at radius 3 is 2.35 bits per heavy atom. The Morgan fingerprint density at radius 2 is 1.65 bits per heavy atom. The molecule has 2 aliphatic carbocycles.